The first-order valence-electron chi connectivity index (χ1n) is 13.5. The molecule has 0 radical (unpaired) electrons. The first-order chi connectivity index (χ1) is 17.0. The minimum absolute atomic E-state index is 0. The number of esters is 1. The van der Waals surface area contributed by atoms with Crippen LogP contribution in [0.15, 0.2) is 54.6 Å². The van der Waals surface area contributed by atoms with Crippen LogP contribution in [0.1, 0.15) is 62.5 Å². The molecule has 2 aromatic carbocycles. The van der Waals surface area contributed by atoms with Crippen LogP contribution >= 0.6 is 0 Å². The number of benzene rings is 2. The van der Waals surface area contributed by atoms with Crippen molar-refractivity contribution in [3.63, 3.8) is 0 Å². The zero-order valence-corrected chi connectivity index (χ0v) is 23.0. The molecule has 36 heavy (non-hydrogen) atoms. The topological polar surface area (TPSA) is 55.4 Å². The molecule has 1 N–H and O–H groups in total. The Labute approximate surface area is 226 Å². The molecule has 1 atom stereocenters. The van der Waals surface area contributed by atoms with Crippen LogP contribution < -0.4 is 22.3 Å². The lowest BCUT2D eigenvalue weighted by molar-refractivity contribution is -0.939. The summed E-state index contributed by atoms with van der Waals surface area (Å²) in [5.41, 5.74) is 2.52. The van der Waals surface area contributed by atoms with E-state index >= 15 is 0 Å². The van der Waals surface area contributed by atoms with Gasteiger partial charge in [-0.05, 0) is 37.0 Å². The number of para-hydroxylation sites is 1. The van der Waals surface area contributed by atoms with Crippen molar-refractivity contribution < 1.29 is 35.8 Å². The zero-order valence-electron chi connectivity index (χ0n) is 21.4. The standard InChI is InChI=1S/C30H38N2O3.BrH/c1-23-11-7-8-14-26(23)31-28(33)22-32-19-15-24(16-20-32)27(21-32)35-29(34)30(17-9-2-3-10-18-30)25-12-5-4-6-13-25;/h4-8,11-14,24,27H,2-3,9-10,15-22H2,1H3;1H. The summed E-state index contributed by atoms with van der Waals surface area (Å²) in [5.74, 6) is 0.429. The minimum Gasteiger partial charge on any atom is -1.00 e. The molecule has 2 bridgehead atoms. The molecule has 2 aromatic rings. The molecule has 0 aromatic heterocycles. The second kappa shape index (κ2) is 11.5. The van der Waals surface area contributed by atoms with E-state index in [4.69, 9.17) is 4.74 Å². The van der Waals surface area contributed by atoms with Gasteiger partial charge in [0.2, 0.25) is 0 Å². The highest BCUT2D eigenvalue weighted by Crippen LogP contribution is 2.42. The van der Waals surface area contributed by atoms with Crippen molar-refractivity contribution in [2.75, 3.05) is 31.5 Å². The van der Waals surface area contributed by atoms with E-state index in [-0.39, 0.29) is 35.0 Å². The number of carbonyl (C=O) groups excluding carboxylic acids is 2. The van der Waals surface area contributed by atoms with Gasteiger partial charge in [0.1, 0.15) is 6.54 Å². The lowest BCUT2D eigenvalue weighted by Gasteiger charge is -2.52. The molecule has 6 heteroatoms. The number of amides is 1. The van der Waals surface area contributed by atoms with E-state index in [9.17, 15) is 9.59 Å². The number of rotatable bonds is 6. The van der Waals surface area contributed by atoms with E-state index in [1.54, 1.807) is 0 Å². The maximum atomic E-state index is 13.9. The van der Waals surface area contributed by atoms with Gasteiger partial charge >= 0.3 is 5.97 Å². The van der Waals surface area contributed by atoms with Gasteiger partial charge in [0.05, 0.1) is 18.5 Å². The summed E-state index contributed by atoms with van der Waals surface area (Å²) < 4.78 is 7.16. The second-order valence-corrected chi connectivity index (χ2v) is 11.1. The van der Waals surface area contributed by atoms with Crippen molar-refractivity contribution in [3.8, 4) is 0 Å². The van der Waals surface area contributed by atoms with Crippen LogP contribution in [-0.2, 0) is 19.7 Å². The molecule has 1 amide bonds. The Hall–Kier alpha value is -2.18. The third-order valence-corrected chi connectivity index (χ3v) is 8.87. The molecule has 1 unspecified atom stereocenters. The van der Waals surface area contributed by atoms with Gasteiger partial charge in [-0.3, -0.25) is 9.59 Å². The second-order valence-electron chi connectivity index (χ2n) is 11.1. The average Bonchev–Trinajstić information content (AvgIpc) is 3.14. The number of hydrogen-bond acceptors (Lipinski definition) is 3. The average molecular weight is 556 g/mol. The first kappa shape index (κ1) is 26.9. The third kappa shape index (κ3) is 5.55. The lowest BCUT2D eigenvalue weighted by atomic mass is 9.74. The Kier molecular flexibility index (Phi) is 8.56. The Morgan fingerprint density at radius 2 is 1.58 bits per heavy atom. The van der Waals surface area contributed by atoms with Crippen molar-refractivity contribution in [2.45, 2.75) is 69.8 Å². The summed E-state index contributed by atoms with van der Waals surface area (Å²) in [4.78, 5) is 26.9. The van der Waals surface area contributed by atoms with Crippen LogP contribution in [-0.4, -0.2) is 48.6 Å². The molecular weight excluding hydrogens is 516 g/mol. The highest BCUT2D eigenvalue weighted by molar-refractivity contribution is 5.92. The Bertz CT molecular complexity index is 1040. The van der Waals surface area contributed by atoms with Gasteiger partial charge < -0.3 is 31.5 Å². The summed E-state index contributed by atoms with van der Waals surface area (Å²) in [7, 11) is 0. The molecule has 0 spiro atoms. The minimum atomic E-state index is -0.531. The monoisotopic (exact) mass is 554 g/mol. The molecule has 1 saturated carbocycles. The summed E-state index contributed by atoms with van der Waals surface area (Å²) in [6.45, 7) is 5.19. The summed E-state index contributed by atoms with van der Waals surface area (Å²) >= 11 is 0. The van der Waals surface area contributed by atoms with E-state index in [0.717, 1.165) is 79.5 Å². The number of ether oxygens (including phenoxy) is 1. The fourth-order valence-electron chi connectivity index (χ4n) is 6.73. The fourth-order valence-corrected chi connectivity index (χ4v) is 6.73. The normalized spacial score (nSPS) is 26.8. The Morgan fingerprint density at radius 1 is 0.944 bits per heavy atom. The van der Waals surface area contributed by atoms with Crippen LogP contribution in [0.3, 0.4) is 0 Å². The largest absolute Gasteiger partial charge is 1.00 e. The van der Waals surface area contributed by atoms with Crippen LogP contribution in [0.5, 0.6) is 0 Å². The van der Waals surface area contributed by atoms with Gasteiger partial charge in [-0.25, -0.2) is 0 Å². The van der Waals surface area contributed by atoms with Gasteiger partial charge in [-0.15, -0.1) is 0 Å². The SMILES string of the molecule is Cc1ccccc1NC(=O)C[N+]12CCC(CC1)C(OC(=O)C1(c3ccccc3)CCCCCC1)C2.[Br-]. The quantitative estimate of drug-likeness (QED) is 0.339. The summed E-state index contributed by atoms with van der Waals surface area (Å²) in [6.07, 6.45) is 8.18. The van der Waals surface area contributed by atoms with Crippen LogP contribution in [0.2, 0.25) is 0 Å². The molecule has 5 nitrogen and oxygen atoms in total. The number of carbonyl (C=O) groups is 2. The van der Waals surface area contributed by atoms with Gasteiger partial charge in [0.15, 0.2) is 12.6 Å². The number of halogens is 1. The predicted molar refractivity (Wildman–Crippen MR) is 138 cm³/mol. The van der Waals surface area contributed by atoms with Crippen molar-refractivity contribution in [1.82, 2.24) is 0 Å². The number of aryl methyl sites for hydroxylation is 1. The zero-order chi connectivity index (χ0) is 24.3. The molecule has 3 saturated heterocycles. The maximum Gasteiger partial charge on any atom is 0.317 e. The molecule has 3 heterocycles. The first-order valence-corrected chi connectivity index (χ1v) is 13.5. The number of piperidine rings is 3. The van der Waals surface area contributed by atoms with Crippen LogP contribution in [0.25, 0.3) is 0 Å². The maximum absolute atomic E-state index is 13.9. The molecule has 4 aliphatic rings. The van der Waals surface area contributed by atoms with Crippen molar-refractivity contribution in [3.05, 3.63) is 65.7 Å². The van der Waals surface area contributed by atoms with Gasteiger partial charge in [0, 0.05) is 24.4 Å². The summed E-state index contributed by atoms with van der Waals surface area (Å²) in [5, 5.41) is 3.11. The smallest absolute Gasteiger partial charge is 0.317 e. The van der Waals surface area contributed by atoms with Gasteiger partial charge in [0.25, 0.3) is 5.91 Å². The number of anilines is 1. The van der Waals surface area contributed by atoms with Gasteiger partial charge in [-0.1, -0.05) is 74.2 Å². The molecule has 1 aliphatic carbocycles. The molecule has 194 valence electrons. The van der Waals surface area contributed by atoms with E-state index in [0.29, 0.717) is 12.5 Å². The van der Waals surface area contributed by atoms with E-state index in [2.05, 4.69) is 17.4 Å². The lowest BCUT2D eigenvalue weighted by Crippen LogP contribution is -3.00. The molecule has 6 rings (SSSR count). The Balaban J connectivity index is 0.00000304. The van der Waals surface area contributed by atoms with Crippen molar-refractivity contribution >= 4 is 17.6 Å². The summed E-state index contributed by atoms with van der Waals surface area (Å²) in [6, 6.07) is 18.2. The van der Waals surface area contributed by atoms with E-state index < -0.39 is 5.41 Å². The van der Waals surface area contributed by atoms with Crippen molar-refractivity contribution in [1.29, 1.82) is 0 Å². The fraction of sp³-hybridized carbons (Fsp3) is 0.533. The number of hydrogen-bond donors (Lipinski definition) is 1. The molecular formula is C30H39BrN2O3. The number of quaternary nitrogens is 1. The van der Waals surface area contributed by atoms with E-state index in [1.165, 1.54) is 12.8 Å². The van der Waals surface area contributed by atoms with Crippen LogP contribution in [0.4, 0.5) is 5.69 Å². The third-order valence-electron chi connectivity index (χ3n) is 8.87. The van der Waals surface area contributed by atoms with Crippen LogP contribution in [0, 0.1) is 12.8 Å². The van der Waals surface area contributed by atoms with Crippen molar-refractivity contribution in [2.24, 2.45) is 5.92 Å². The van der Waals surface area contributed by atoms with Gasteiger partial charge in [-0.2, -0.15) is 0 Å². The van der Waals surface area contributed by atoms with E-state index in [1.807, 2.05) is 49.4 Å². The predicted octanol–water partition coefficient (Wildman–Crippen LogP) is 2.38. The highest BCUT2D eigenvalue weighted by atomic mass is 79.9. The molecule has 4 fully saturated rings. The number of nitrogens with zero attached hydrogens (tertiary/aromatic N) is 1. The highest BCUT2D eigenvalue weighted by Gasteiger charge is 2.51. The number of nitrogens with one attached hydrogen (secondary N) is 1. The molecule has 3 aliphatic heterocycles. The Morgan fingerprint density at radius 3 is 2.25 bits per heavy atom. The number of fused-ring (bicyclic) bond motifs is 3.